The number of aryl methyl sites for hydroxylation is 1. The second-order valence-corrected chi connectivity index (χ2v) is 6.10. The number of benzene rings is 2. The number of carbonyl (C=O) groups excluding carboxylic acids is 3. The van der Waals surface area contributed by atoms with Crippen LogP contribution in [0.4, 0.5) is 5.69 Å². The average molecular weight is 368 g/mol. The minimum atomic E-state index is -0.950. The molecule has 0 aromatic heterocycles. The number of likely N-dealkylation sites (N-methyl/N-ethyl adjacent to an activating group) is 1. The van der Waals surface area contributed by atoms with E-state index in [0.717, 1.165) is 11.3 Å². The summed E-state index contributed by atoms with van der Waals surface area (Å²) in [6.45, 7) is 5.44. The summed E-state index contributed by atoms with van der Waals surface area (Å²) in [6.07, 6.45) is -0.950. The molecule has 0 saturated carbocycles. The fraction of sp³-hybridized carbons (Fsp3) is 0.286. The summed E-state index contributed by atoms with van der Waals surface area (Å²) in [5, 5.41) is 2.50. The van der Waals surface area contributed by atoms with Crippen LogP contribution in [0.2, 0.25) is 0 Å². The van der Waals surface area contributed by atoms with Crippen LogP contribution in [0.5, 0.6) is 0 Å². The molecule has 0 aliphatic heterocycles. The van der Waals surface area contributed by atoms with Gasteiger partial charge in [0, 0.05) is 17.8 Å². The molecule has 2 aromatic rings. The zero-order chi connectivity index (χ0) is 19.8. The molecule has 0 aliphatic carbocycles. The minimum Gasteiger partial charge on any atom is -0.451 e. The lowest BCUT2D eigenvalue weighted by Gasteiger charge is -2.24. The van der Waals surface area contributed by atoms with Crippen molar-refractivity contribution < 1.29 is 19.1 Å². The molecule has 0 fully saturated rings. The van der Waals surface area contributed by atoms with Crippen molar-refractivity contribution in [2.24, 2.45) is 0 Å². The van der Waals surface area contributed by atoms with E-state index < -0.39 is 12.1 Å². The van der Waals surface area contributed by atoms with E-state index in [4.69, 9.17) is 4.74 Å². The summed E-state index contributed by atoms with van der Waals surface area (Å²) in [7, 11) is 0. The van der Waals surface area contributed by atoms with Crippen molar-refractivity contribution in [2.75, 3.05) is 18.0 Å². The Morgan fingerprint density at radius 2 is 1.67 bits per heavy atom. The third-order valence-corrected chi connectivity index (χ3v) is 4.01. The normalized spacial score (nSPS) is 11.4. The quantitative estimate of drug-likeness (QED) is 0.763. The van der Waals surface area contributed by atoms with Gasteiger partial charge in [-0.1, -0.05) is 35.9 Å². The third kappa shape index (κ3) is 5.67. The Balaban J connectivity index is 1.87. The van der Waals surface area contributed by atoms with Gasteiger partial charge in [0.1, 0.15) is 6.54 Å². The number of amides is 2. The SMILES string of the molecule is CCN(C(=O)[C@@H](C)OC(=O)CNC(=O)c1ccc(C)cc1)c1ccccc1. The maximum atomic E-state index is 12.6. The summed E-state index contributed by atoms with van der Waals surface area (Å²) in [5.74, 6) is -1.35. The molecule has 0 aliphatic rings. The second-order valence-electron chi connectivity index (χ2n) is 6.10. The summed E-state index contributed by atoms with van der Waals surface area (Å²) < 4.78 is 5.18. The largest absolute Gasteiger partial charge is 0.451 e. The van der Waals surface area contributed by atoms with Crippen LogP contribution in [-0.4, -0.2) is 37.0 Å². The summed E-state index contributed by atoms with van der Waals surface area (Å²) >= 11 is 0. The maximum Gasteiger partial charge on any atom is 0.326 e. The Morgan fingerprint density at radius 1 is 1.04 bits per heavy atom. The number of para-hydroxylation sites is 1. The Labute approximate surface area is 159 Å². The summed E-state index contributed by atoms with van der Waals surface area (Å²) in [4.78, 5) is 38.1. The van der Waals surface area contributed by atoms with Gasteiger partial charge in [-0.15, -0.1) is 0 Å². The zero-order valence-electron chi connectivity index (χ0n) is 15.8. The third-order valence-electron chi connectivity index (χ3n) is 4.01. The van der Waals surface area contributed by atoms with Gasteiger partial charge in [-0.3, -0.25) is 14.4 Å². The first kappa shape index (κ1) is 20.2. The van der Waals surface area contributed by atoms with E-state index >= 15 is 0 Å². The molecular formula is C21H24N2O4. The second kappa shape index (κ2) is 9.52. The van der Waals surface area contributed by atoms with Crippen LogP contribution in [0.25, 0.3) is 0 Å². The first-order valence-corrected chi connectivity index (χ1v) is 8.83. The van der Waals surface area contributed by atoms with E-state index in [1.165, 1.54) is 6.92 Å². The van der Waals surface area contributed by atoms with Crippen molar-refractivity contribution >= 4 is 23.5 Å². The van der Waals surface area contributed by atoms with E-state index in [2.05, 4.69) is 5.32 Å². The average Bonchev–Trinajstić information content (AvgIpc) is 2.68. The number of esters is 1. The van der Waals surface area contributed by atoms with Crippen LogP contribution >= 0.6 is 0 Å². The molecule has 6 heteroatoms. The van der Waals surface area contributed by atoms with Crippen LogP contribution in [0.1, 0.15) is 29.8 Å². The first-order chi connectivity index (χ1) is 12.9. The molecule has 0 heterocycles. The van der Waals surface area contributed by atoms with Crippen molar-refractivity contribution in [2.45, 2.75) is 26.9 Å². The van der Waals surface area contributed by atoms with E-state index in [9.17, 15) is 14.4 Å². The Morgan fingerprint density at radius 3 is 2.26 bits per heavy atom. The number of nitrogens with zero attached hydrogens (tertiary/aromatic N) is 1. The number of ether oxygens (including phenoxy) is 1. The van der Waals surface area contributed by atoms with E-state index in [1.54, 1.807) is 17.0 Å². The van der Waals surface area contributed by atoms with Crippen molar-refractivity contribution in [3.8, 4) is 0 Å². The van der Waals surface area contributed by atoms with Gasteiger partial charge in [0.25, 0.3) is 11.8 Å². The molecule has 0 radical (unpaired) electrons. The van der Waals surface area contributed by atoms with Gasteiger partial charge >= 0.3 is 5.97 Å². The monoisotopic (exact) mass is 368 g/mol. The number of hydrogen-bond acceptors (Lipinski definition) is 4. The van der Waals surface area contributed by atoms with Gasteiger partial charge < -0.3 is 15.0 Å². The van der Waals surface area contributed by atoms with E-state index in [-0.39, 0.29) is 18.4 Å². The van der Waals surface area contributed by atoms with Crippen LogP contribution < -0.4 is 10.2 Å². The standard InChI is InChI=1S/C21H24N2O4/c1-4-23(18-8-6-5-7-9-18)21(26)16(3)27-19(24)14-22-20(25)17-12-10-15(2)11-13-17/h5-13,16H,4,14H2,1-3H3,(H,22,25)/t16-/m1/s1. The fourth-order valence-electron chi connectivity index (χ4n) is 2.54. The van der Waals surface area contributed by atoms with Gasteiger partial charge in [0.2, 0.25) is 0 Å². The highest BCUT2D eigenvalue weighted by molar-refractivity contribution is 5.98. The highest BCUT2D eigenvalue weighted by atomic mass is 16.5. The van der Waals surface area contributed by atoms with Crippen LogP contribution in [-0.2, 0) is 14.3 Å². The molecular weight excluding hydrogens is 344 g/mol. The molecule has 0 saturated heterocycles. The van der Waals surface area contributed by atoms with Crippen molar-refractivity contribution in [3.05, 3.63) is 65.7 Å². The van der Waals surface area contributed by atoms with Gasteiger partial charge in [0.15, 0.2) is 6.10 Å². The molecule has 0 bridgehead atoms. The van der Waals surface area contributed by atoms with Crippen LogP contribution in [0, 0.1) is 6.92 Å². The molecule has 27 heavy (non-hydrogen) atoms. The highest BCUT2D eigenvalue weighted by Gasteiger charge is 2.24. The fourth-order valence-corrected chi connectivity index (χ4v) is 2.54. The Kier molecular flexibility index (Phi) is 7.11. The van der Waals surface area contributed by atoms with Gasteiger partial charge in [0.05, 0.1) is 0 Å². The van der Waals surface area contributed by atoms with E-state index in [1.807, 2.05) is 56.3 Å². The summed E-state index contributed by atoms with van der Waals surface area (Å²) in [5.41, 5.74) is 2.23. The van der Waals surface area contributed by atoms with Crippen molar-refractivity contribution in [3.63, 3.8) is 0 Å². The highest BCUT2D eigenvalue weighted by Crippen LogP contribution is 2.15. The van der Waals surface area contributed by atoms with Gasteiger partial charge in [-0.2, -0.15) is 0 Å². The topological polar surface area (TPSA) is 75.7 Å². The molecule has 142 valence electrons. The smallest absolute Gasteiger partial charge is 0.326 e. The van der Waals surface area contributed by atoms with Crippen molar-refractivity contribution in [1.82, 2.24) is 5.32 Å². The lowest BCUT2D eigenvalue weighted by atomic mass is 10.1. The van der Waals surface area contributed by atoms with Gasteiger partial charge in [-0.25, -0.2) is 0 Å². The number of hydrogen-bond donors (Lipinski definition) is 1. The Hall–Kier alpha value is -3.15. The molecule has 0 spiro atoms. The molecule has 2 aromatic carbocycles. The lowest BCUT2D eigenvalue weighted by Crippen LogP contribution is -2.41. The minimum absolute atomic E-state index is 0.304. The Bertz CT molecular complexity index is 788. The van der Waals surface area contributed by atoms with Crippen LogP contribution in [0.3, 0.4) is 0 Å². The predicted octanol–water partition coefficient (Wildman–Crippen LogP) is 2.71. The predicted molar refractivity (Wildman–Crippen MR) is 104 cm³/mol. The maximum absolute atomic E-state index is 12.6. The lowest BCUT2D eigenvalue weighted by molar-refractivity contribution is -0.152. The van der Waals surface area contributed by atoms with Gasteiger partial charge in [-0.05, 0) is 45.0 Å². The molecule has 0 unspecified atom stereocenters. The zero-order valence-corrected chi connectivity index (χ0v) is 15.8. The number of nitrogens with one attached hydrogen (secondary N) is 1. The van der Waals surface area contributed by atoms with Crippen molar-refractivity contribution in [1.29, 1.82) is 0 Å². The van der Waals surface area contributed by atoms with E-state index in [0.29, 0.717) is 12.1 Å². The number of carbonyl (C=O) groups is 3. The molecule has 1 N–H and O–H groups in total. The summed E-state index contributed by atoms with van der Waals surface area (Å²) in [6, 6.07) is 16.2. The molecule has 2 rings (SSSR count). The number of anilines is 1. The molecule has 1 atom stereocenters. The molecule has 2 amide bonds. The van der Waals surface area contributed by atoms with Crippen LogP contribution in [0.15, 0.2) is 54.6 Å². The number of rotatable bonds is 7. The first-order valence-electron chi connectivity index (χ1n) is 8.83. The molecule has 6 nitrogen and oxygen atoms in total.